The number of halogens is 5. The lowest BCUT2D eigenvalue weighted by atomic mass is 10.0. The maximum atomic E-state index is 13.6. The third-order valence-electron chi connectivity index (χ3n) is 4.49. The van der Waals surface area contributed by atoms with Crippen LogP contribution < -0.4 is 5.32 Å². The lowest BCUT2D eigenvalue weighted by Crippen LogP contribution is -2.14. The molecule has 2 aromatic carbocycles. The Hall–Kier alpha value is -3.76. The molecule has 2 N–H and O–H groups in total. The summed E-state index contributed by atoms with van der Waals surface area (Å²) >= 11 is 0. The zero-order chi connectivity index (χ0) is 23.4. The lowest BCUT2D eigenvalue weighted by molar-refractivity contribution is -0.137. The molecular formula is C21H16F5N3O3. The first-order chi connectivity index (χ1) is 15.2. The standard InChI is InChI=1S/C21H16F5N3O3/c22-14-8-11(9-15(23)18(14)24)12-4-1-2-5-16(12)27-21(32)13-10-29(7-3-6-17(30)31)28-19(13)20(25)26/h1-2,4-5,8-10,20H,3,6-7H2,(H,27,32)(H,30,31). The number of anilines is 1. The first-order valence-electron chi connectivity index (χ1n) is 9.30. The van der Waals surface area contributed by atoms with Gasteiger partial charge >= 0.3 is 5.97 Å². The molecule has 0 spiro atoms. The molecular weight excluding hydrogens is 437 g/mol. The predicted molar refractivity (Wildman–Crippen MR) is 104 cm³/mol. The number of alkyl halides is 2. The number of para-hydroxylation sites is 1. The van der Waals surface area contributed by atoms with Crippen LogP contribution in [0.3, 0.4) is 0 Å². The molecule has 0 radical (unpaired) electrons. The minimum absolute atomic E-state index is 0.00399. The average molecular weight is 453 g/mol. The SMILES string of the molecule is O=C(O)CCCn1cc(C(=O)Nc2ccccc2-c2cc(F)c(F)c(F)c2)c(C(F)F)n1. The fraction of sp³-hybridized carbons (Fsp3) is 0.190. The molecule has 1 heterocycles. The zero-order valence-electron chi connectivity index (χ0n) is 16.3. The summed E-state index contributed by atoms with van der Waals surface area (Å²) < 4.78 is 68.4. The number of amides is 1. The second-order valence-corrected chi connectivity index (χ2v) is 6.74. The van der Waals surface area contributed by atoms with Crippen LogP contribution >= 0.6 is 0 Å². The highest BCUT2D eigenvalue weighted by Crippen LogP contribution is 2.31. The van der Waals surface area contributed by atoms with E-state index in [2.05, 4.69) is 10.4 Å². The van der Waals surface area contributed by atoms with Gasteiger partial charge in [-0.3, -0.25) is 14.3 Å². The van der Waals surface area contributed by atoms with Gasteiger partial charge in [0.15, 0.2) is 17.5 Å². The van der Waals surface area contributed by atoms with Crippen molar-refractivity contribution in [2.24, 2.45) is 0 Å². The molecule has 6 nitrogen and oxygen atoms in total. The molecule has 11 heteroatoms. The maximum absolute atomic E-state index is 13.6. The van der Waals surface area contributed by atoms with Crippen molar-refractivity contribution >= 4 is 17.6 Å². The number of aliphatic carboxylic acids is 1. The molecule has 1 amide bonds. The Balaban J connectivity index is 1.90. The number of hydrogen-bond donors (Lipinski definition) is 2. The Morgan fingerprint density at radius 3 is 2.38 bits per heavy atom. The number of carbonyl (C=O) groups excluding carboxylic acids is 1. The summed E-state index contributed by atoms with van der Waals surface area (Å²) in [6, 6.07) is 7.29. The summed E-state index contributed by atoms with van der Waals surface area (Å²) in [5.41, 5.74) is -1.14. The summed E-state index contributed by atoms with van der Waals surface area (Å²) in [5.74, 6) is -6.52. The van der Waals surface area contributed by atoms with Crippen LogP contribution in [0.15, 0.2) is 42.6 Å². The Morgan fingerprint density at radius 2 is 1.75 bits per heavy atom. The Kier molecular flexibility index (Phi) is 6.86. The molecule has 3 rings (SSSR count). The quantitative estimate of drug-likeness (QED) is 0.371. The number of nitrogens with zero attached hydrogens (tertiary/aromatic N) is 2. The van der Waals surface area contributed by atoms with Crippen LogP contribution in [0.2, 0.25) is 0 Å². The van der Waals surface area contributed by atoms with Crippen molar-refractivity contribution in [3.8, 4) is 11.1 Å². The Morgan fingerprint density at radius 1 is 1.09 bits per heavy atom. The van der Waals surface area contributed by atoms with Gasteiger partial charge in [-0.25, -0.2) is 22.0 Å². The number of carbonyl (C=O) groups is 2. The predicted octanol–water partition coefficient (Wildman–Crippen LogP) is 5.02. The molecule has 168 valence electrons. The molecule has 32 heavy (non-hydrogen) atoms. The minimum atomic E-state index is -3.08. The van der Waals surface area contributed by atoms with Crippen molar-refractivity contribution in [1.29, 1.82) is 0 Å². The molecule has 0 aliphatic rings. The first-order valence-corrected chi connectivity index (χ1v) is 9.30. The van der Waals surface area contributed by atoms with Crippen LogP contribution in [0.5, 0.6) is 0 Å². The van der Waals surface area contributed by atoms with Crippen molar-refractivity contribution < 1.29 is 36.6 Å². The second kappa shape index (κ2) is 9.58. The third kappa shape index (κ3) is 5.10. The van der Waals surface area contributed by atoms with E-state index in [4.69, 9.17) is 5.11 Å². The van der Waals surface area contributed by atoms with Crippen molar-refractivity contribution in [1.82, 2.24) is 9.78 Å². The van der Waals surface area contributed by atoms with E-state index >= 15 is 0 Å². The van der Waals surface area contributed by atoms with Crippen molar-refractivity contribution in [3.05, 3.63) is 71.3 Å². The topological polar surface area (TPSA) is 84.2 Å². The average Bonchev–Trinajstić information content (AvgIpc) is 3.16. The van der Waals surface area contributed by atoms with Gasteiger partial charge in [-0.05, 0) is 30.2 Å². The molecule has 0 aliphatic heterocycles. The van der Waals surface area contributed by atoms with Gasteiger partial charge in [-0.1, -0.05) is 18.2 Å². The van der Waals surface area contributed by atoms with Gasteiger partial charge in [0, 0.05) is 30.4 Å². The van der Waals surface area contributed by atoms with E-state index in [1.54, 1.807) is 0 Å². The highest BCUT2D eigenvalue weighted by atomic mass is 19.3. The number of benzene rings is 2. The summed E-state index contributed by atoms with van der Waals surface area (Å²) in [4.78, 5) is 23.3. The van der Waals surface area contributed by atoms with Crippen LogP contribution in [0, 0.1) is 17.5 Å². The number of carboxylic acid groups (broad SMARTS) is 1. The van der Waals surface area contributed by atoms with Crippen molar-refractivity contribution in [2.75, 3.05) is 5.32 Å². The molecule has 0 aliphatic carbocycles. The zero-order valence-corrected chi connectivity index (χ0v) is 16.3. The van der Waals surface area contributed by atoms with E-state index in [-0.39, 0.29) is 36.2 Å². The number of carboxylic acids is 1. The summed E-state index contributed by atoms with van der Waals surface area (Å²) in [7, 11) is 0. The molecule has 0 bridgehead atoms. The van der Waals surface area contributed by atoms with Gasteiger partial charge in [0.05, 0.1) is 5.56 Å². The fourth-order valence-corrected chi connectivity index (χ4v) is 3.02. The fourth-order valence-electron chi connectivity index (χ4n) is 3.02. The number of rotatable bonds is 8. The molecule has 3 aromatic rings. The van der Waals surface area contributed by atoms with E-state index in [9.17, 15) is 31.5 Å². The van der Waals surface area contributed by atoms with Crippen LogP contribution in [-0.2, 0) is 11.3 Å². The second-order valence-electron chi connectivity index (χ2n) is 6.74. The van der Waals surface area contributed by atoms with E-state index in [1.165, 1.54) is 24.3 Å². The van der Waals surface area contributed by atoms with Gasteiger partial charge in [0.25, 0.3) is 12.3 Å². The lowest BCUT2D eigenvalue weighted by Gasteiger charge is -2.12. The number of hydrogen-bond acceptors (Lipinski definition) is 3. The number of nitrogens with one attached hydrogen (secondary N) is 1. The normalized spacial score (nSPS) is 11.1. The monoisotopic (exact) mass is 453 g/mol. The Labute approximate surface area is 178 Å². The van der Waals surface area contributed by atoms with Gasteiger partial charge in [-0.15, -0.1) is 0 Å². The summed E-state index contributed by atoms with van der Waals surface area (Å²) in [6.07, 6.45) is -2.10. The van der Waals surface area contributed by atoms with Crippen LogP contribution in [-0.4, -0.2) is 26.8 Å². The van der Waals surface area contributed by atoms with E-state index < -0.39 is 47.0 Å². The summed E-state index contributed by atoms with van der Waals surface area (Å²) in [6.45, 7) is 0.00399. The number of aromatic nitrogens is 2. The third-order valence-corrected chi connectivity index (χ3v) is 4.49. The molecule has 0 saturated heterocycles. The summed E-state index contributed by atoms with van der Waals surface area (Å²) in [5, 5.41) is 14.7. The first kappa shape index (κ1) is 22.9. The van der Waals surface area contributed by atoms with Gasteiger partial charge in [0.2, 0.25) is 0 Å². The van der Waals surface area contributed by atoms with Crippen molar-refractivity contribution in [3.63, 3.8) is 0 Å². The van der Waals surface area contributed by atoms with Crippen LogP contribution in [0.25, 0.3) is 11.1 Å². The highest BCUT2D eigenvalue weighted by Gasteiger charge is 2.24. The van der Waals surface area contributed by atoms with Gasteiger partial charge < -0.3 is 10.4 Å². The smallest absolute Gasteiger partial charge is 0.303 e. The van der Waals surface area contributed by atoms with Crippen molar-refractivity contribution in [2.45, 2.75) is 25.8 Å². The van der Waals surface area contributed by atoms with E-state index in [0.717, 1.165) is 23.0 Å². The largest absolute Gasteiger partial charge is 0.481 e. The maximum Gasteiger partial charge on any atom is 0.303 e. The van der Waals surface area contributed by atoms with Gasteiger partial charge in [-0.2, -0.15) is 5.10 Å². The Bertz CT molecular complexity index is 1140. The minimum Gasteiger partial charge on any atom is -0.481 e. The molecule has 0 atom stereocenters. The molecule has 0 saturated carbocycles. The molecule has 0 fully saturated rings. The van der Waals surface area contributed by atoms with E-state index in [1.807, 2.05) is 0 Å². The van der Waals surface area contributed by atoms with E-state index in [0.29, 0.717) is 0 Å². The number of aryl methyl sites for hydroxylation is 1. The van der Waals surface area contributed by atoms with Crippen LogP contribution in [0.4, 0.5) is 27.6 Å². The van der Waals surface area contributed by atoms with Gasteiger partial charge in [0.1, 0.15) is 5.69 Å². The highest BCUT2D eigenvalue weighted by molar-refractivity contribution is 6.07. The molecule has 0 unspecified atom stereocenters. The van der Waals surface area contributed by atoms with Crippen LogP contribution in [0.1, 0.15) is 35.3 Å². The molecule has 1 aromatic heterocycles.